The van der Waals surface area contributed by atoms with E-state index in [-0.39, 0.29) is 17.9 Å². The first-order valence-electron chi connectivity index (χ1n) is 6.88. The number of nitrogens with one attached hydrogen (secondary N) is 2. The van der Waals surface area contributed by atoms with Gasteiger partial charge in [-0.25, -0.2) is 0 Å². The van der Waals surface area contributed by atoms with Crippen molar-refractivity contribution in [3.8, 4) is 0 Å². The van der Waals surface area contributed by atoms with Crippen LogP contribution in [0.15, 0.2) is 0 Å². The summed E-state index contributed by atoms with van der Waals surface area (Å²) in [6.07, 6.45) is 4.75. The summed E-state index contributed by atoms with van der Waals surface area (Å²) in [4.78, 5) is 22.6. The quantitative estimate of drug-likeness (QED) is 0.676. The lowest BCUT2D eigenvalue weighted by Crippen LogP contribution is -2.33. The predicted octanol–water partition coefficient (Wildman–Crippen LogP) is 0.746. The Bertz CT molecular complexity index is 313. The highest BCUT2D eigenvalue weighted by Gasteiger charge is 2.30. The molecular formula is C13H22N2O3. The van der Waals surface area contributed by atoms with Gasteiger partial charge in [-0.1, -0.05) is 0 Å². The second-order valence-electron chi connectivity index (χ2n) is 5.51. The molecule has 1 aliphatic heterocycles. The Balaban J connectivity index is 1.63. The van der Waals surface area contributed by atoms with Gasteiger partial charge in [-0.3, -0.25) is 9.59 Å². The van der Waals surface area contributed by atoms with Gasteiger partial charge in [-0.05, 0) is 51.1 Å². The van der Waals surface area contributed by atoms with Crippen LogP contribution in [0.25, 0.3) is 0 Å². The number of hydrogen-bond donors (Lipinski definition) is 3. The van der Waals surface area contributed by atoms with Gasteiger partial charge in [-0.2, -0.15) is 0 Å². The highest BCUT2D eigenvalue weighted by Crippen LogP contribution is 2.25. The van der Waals surface area contributed by atoms with Crippen molar-refractivity contribution in [2.75, 3.05) is 13.1 Å². The Labute approximate surface area is 107 Å². The van der Waals surface area contributed by atoms with E-state index in [1.165, 1.54) is 0 Å². The molecular weight excluding hydrogens is 232 g/mol. The van der Waals surface area contributed by atoms with Gasteiger partial charge in [0.1, 0.15) is 0 Å². The van der Waals surface area contributed by atoms with Crippen LogP contribution in [0.2, 0.25) is 0 Å². The number of aliphatic carboxylic acids is 1. The van der Waals surface area contributed by atoms with E-state index >= 15 is 0 Å². The highest BCUT2D eigenvalue weighted by molar-refractivity contribution is 5.76. The molecule has 5 nitrogen and oxygen atoms in total. The van der Waals surface area contributed by atoms with Gasteiger partial charge in [0.2, 0.25) is 5.91 Å². The van der Waals surface area contributed by atoms with Crippen LogP contribution in [-0.4, -0.2) is 36.1 Å². The fourth-order valence-corrected chi connectivity index (χ4v) is 2.93. The first kappa shape index (κ1) is 13.3. The Morgan fingerprint density at radius 2 is 2.11 bits per heavy atom. The zero-order valence-corrected chi connectivity index (χ0v) is 10.7. The lowest BCUT2D eigenvalue weighted by molar-refractivity contribution is -0.141. The molecule has 102 valence electrons. The first-order chi connectivity index (χ1) is 8.65. The van der Waals surface area contributed by atoms with E-state index in [1.807, 2.05) is 0 Å². The fourth-order valence-electron chi connectivity index (χ4n) is 2.93. The first-order valence-corrected chi connectivity index (χ1v) is 6.88. The molecule has 3 atom stereocenters. The summed E-state index contributed by atoms with van der Waals surface area (Å²) in [7, 11) is 0. The third kappa shape index (κ3) is 3.70. The number of carboxylic acid groups (broad SMARTS) is 1. The summed E-state index contributed by atoms with van der Waals surface area (Å²) in [5.41, 5.74) is 0. The maximum Gasteiger partial charge on any atom is 0.306 e. The van der Waals surface area contributed by atoms with Gasteiger partial charge in [0.25, 0.3) is 0 Å². The molecule has 1 unspecified atom stereocenters. The van der Waals surface area contributed by atoms with Gasteiger partial charge >= 0.3 is 5.97 Å². The standard InChI is InChI=1S/C13H22N2O3/c16-12(4-1-9-5-6-14-8-9)15-11-3-2-10(7-11)13(17)18/h9-11,14H,1-8H2,(H,15,16)(H,17,18)/t9?,10-,11+/m1/s1. The Morgan fingerprint density at radius 3 is 2.72 bits per heavy atom. The van der Waals surface area contributed by atoms with Crippen LogP contribution in [0.4, 0.5) is 0 Å². The number of hydrogen-bond acceptors (Lipinski definition) is 3. The third-order valence-electron chi connectivity index (χ3n) is 4.09. The molecule has 0 aromatic rings. The number of carbonyl (C=O) groups is 2. The van der Waals surface area contributed by atoms with Crippen LogP contribution in [0, 0.1) is 11.8 Å². The van der Waals surface area contributed by atoms with Crippen molar-refractivity contribution in [3.63, 3.8) is 0 Å². The van der Waals surface area contributed by atoms with Crippen molar-refractivity contribution in [2.24, 2.45) is 11.8 Å². The summed E-state index contributed by atoms with van der Waals surface area (Å²) in [5, 5.41) is 15.1. The van der Waals surface area contributed by atoms with E-state index in [1.54, 1.807) is 0 Å². The average molecular weight is 254 g/mol. The predicted molar refractivity (Wildman–Crippen MR) is 67.1 cm³/mol. The average Bonchev–Trinajstić information content (AvgIpc) is 2.96. The van der Waals surface area contributed by atoms with Crippen molar-refractivity contribution < 1.29 is 14.7 Å². The molecule has 0 bridgehead atoms. The van der Waals surface area contributed by atoms with Crippen molar-refractivity contribution in [1.82, 2.24) is 10.6 Å². The van der Waals surface area contributed by atoms with Crippen LogP contribution < -0.4 is 10.6 Å². The molecule has 18 heavy (non-hydrogen) atoms. The van der Waals surface area contributed by atoms with Crippen LogP contribution in [0.3, 0.4) is 0 Å². The Morgan fingerprint density at radius 1 is 1.28 bits per heavy atom. The topological polar surface area (TPSA) is 78.4 Å². The van der Waals surface area contributed by atoms with Gasteiger partial charge < -0.3 is 15.7 Å². The monoisotopic (exact) mass is 254 g/mol. The van der Waals surface area contributed by atoms with Crippen molar-refractivity contribution in [1.29, 1.82) is 0 Å². The second kappa shape index (κ2) is 6.18. The molecule has 1 amide bonds. The molecule has 1 saturated heterocycles. The van der Waals surface area contributed by atoms with Crippen LogP contribution in [0.1, 0.15) is 38.5 Å². The molecule has 1 heterocycles. The second-order valence-corrected chi connectivity index (χ2v) is 5.51. The molecule has 5 heteroatoms. The molecule has 2 fully saturated rings. The number of carboxylic acids is 1. The highest BCUT2D eigenvalue weighted by atomic mass is 16.4. The van der Waals surface area contributed by atoms with Crippen molar-refractivity contribution in [2.45, 2.75) is 44.6 Å². The largest absolute Gasteiger partial charge is 0.481 e. The summed E-state index contributed by atoms with van der Waals surface area (Å²) in [6, 6.07) is 0.0697. The SMILES string of the molecule is O=C(CCC1CCNC1)N[C@H]1CC[C@@H](C(=O)O)C1. The van der Waals surface area contributed by atoms with Crippen LogP contribution >= 0.6 is 0 Å². The molecule has 2 rings (SSSR count). The van der Waals surface area contributed by atoms with E-state index in [0.29, 0.717) is 25.2 Å². The Hall–Kier alpha value is -1.10. The Kier molecular flexibility index (Phi) is 4.58. The summed E-state index contributed by atoms with van der Waals surface area (Å²) in [6.45, 7) is 2.09. The van der Waals surface area contributed by atoms with Gasteiger partial charge in [0.15, 0.2) is 0 Å². The lowest BCUT2D eigenvalue weighted by atomic mass is 10.0. The minimum absolute atomic E-state index is 0.0697. The smallest absolute Gasteiger partial charge is 0.306 e. The molecule has 0 aromatic carbocycles. The lowest BCUT2D eigenvalue weighted by Gasteiger charge is -2.13. The number of rotatable bonds is 5. The summed E-state index contributed by atoms with van der Waals surface area (Å²) in [5.74, 6) is -0.290. The molecule has 0 aromatic heterocycles. The minimum atomic E-state index is -0.733. The molecule has 0 radical (unpaired) electrons. The van der Waals surface area contributed by atoms with E-state index < -0.39 is 5.97 Å². The van der Waals surface area contributed by atoms with Crippen molar-refractivity contribution >= 4 is 11.9 Å². The molecule has 3 N–H and O–H groups in total. The van der Waals surface area contributed by atoms with Gasteiger partial charge in [-0.15, -0.1) is 0 Å². The maximum absolute atomic E-state index is 11.8. The molecule has 1 aliphatic carbocycles. The van der Waals surface area contributed by atoms with Crippen LogP contribution in [-0.2, 0) is 9.59 Å². The van der Waals surface area contributed by atoms with E-state index in [9.17, 15) is 9.59 Å². The van der Waals surface area contributed by atoms with E-state index in [4.69, 9.17) is 5.11 Å². The maximum atomic E-state index is 11.8. The molecule has 1 saturated carbocycles. The summed E-state index contributed by atoms with van der Waals surface area (Å²) < 4.78 is 0. The van der Waals surface area contributed by atoms with Crippen molar-refractivity contribution in [3.05, 3.63) is 0 Å². The van der Waals surface area contributed by atoms with E-state index in [0.717, 1.165) is 32.4 Å². The normalized spacial score (nSPS) is 31.4. The third-order valence-corrected chi connectivity index (χ3v) is 4.09. The van der Waals surface area contributed by atoms with Gasteiger partial charge in [0, 0.05) is 12.5 Å². The van der Waals surface area contributed by atoms with E-state index in [2.05, 4.69) is 10.6 Å². The zero-order chi connectivity index (χ0) is 13.0. The van der Waals surface area contributed by atoms with Crippen LogP contribution in [0.5, 0.6) is 0 Å². The van der Waals surface area contributed by atoms with Gasteiger partial charge in [0.05, 0.1) is 5.92 Å². The number of amides is 1. The molecule has 2 aliphatic rings. The zero-order valence-electron chi connectivity index (χ0n) is 10.7. The fraction of sp³-hybridized carbons (Fsp3) is 0.846. The molecule has 0 spiro atoms. The summed E-state index contributed by atoms with van der Waals surface area (Å²) >= 11 is 0. The number of carbonyl (C=O) groups excluding carboxylic acids is 1. The minimum Gasteiger partial charge on any atom is -0.481 e.